The number of rotatable bonds is 6. The summed E-state index contributed by atoms with van der Waals surface area (Å²) in [4.78, 5) is 4.38. The zero-order valence-electron chi connectivity index (χ0n) is 11.4. The molecule has 1 heterocycles. The third-order valence-corrected chi connectivity index (χ3v) is 3.06. The first-order chi connectivity index (χ1) is 9.83. The molecule has 6 nitrogen and oxygen atoms in total. The molecule has 1 aliphatic rings. The number of hydrogen-bond donors (Lipinski definition) is 3. The van der Waals surface area contributed by atoms with Gasteiger partial charge in [-0.05, 0) is 17.1 Å². The lowest BCUT2D eigenvalue weighted by atomic mass is 10.3. The molecule has 0 radical (unpaired) electrons. The van der Waals surface area contributed by atoms with Crippen molar-refractivity contribution in [2.45, 2.75) is 6.42 Å². The second-order valence-corrected chi connectivity index (χ2v) is 4.52. The molecular weight excluding hydrogens is 256 g/mol. The van der Waals surface area contributed by atoms with Gasteiger partial charge in [-0.25, -0.2) is 0 Å². The van der Waals surface area contributed by atoms with Gasteiger partial charge in [0.2, 0.25) is 5.84 Å². The Hall–Kier alpha value is -1.92. The molecule has 1 aromatic carbocycles. The monoisotopic (exact) mass is 277 g/mol. The van der Waals surface area contributed by atoms with Gasteiger partial charge in [0.05, 0.1) is 25.3 Å². The van der Waals surface area contributed by atoms with Crippen LogP contribution in [0.2, 0.25) is 0 Å². The van der Waals surface area contributed by atoms with Crippen molar-refractivity contribution in [2.24, 2.45) is 4.99 Å². The lowest BCUT2D eigenvalue weighted by molar-refractivity contribution is -0.528. The molecule has 0 atom stereocenters. The van der Waals surface area contributed by atoms with Crippen molar-refractivity contribution >= 4 is 17.9 Å². The van der Waals surface area contributed by atoms with E-state index in [-0.39, 0.29) is 13.2 Å². The minimum atomic E-state index is 0.0465. The molecule has 3 N–H and O–H groups in total. The van der Waals surface area contributed by atoms with Gasteiger partial charge in [0.15, 0.2) is 0 Å². The van der Waals surface area contributed by atoms with E-state index >= 15 is 0 Å². The normalized spacial score (nSPS) is 16.3. The Kier molecular flexibility index (Phi) is 5.52. The van der Waals surface area contributed by atoms with Gasteiger partial charge in [0.25, 0.3) is 6.34 Å². The van der Waals surface area contributed by atoms with E-state index in [2.05, 4.69) is 15.4 Å². The third kappa shape index (κ3) is 4.04. The number of aliphatic hydroxyl groups is 2. The molecule has 0 amide bonds. The Morgan fingerprint density at radius 2 is 1.90 bits per heavy atom. The van der Waals surface area contributed by atoms with Crippen molar-refractivity contribution in [1.82, 2.24) is 5.43 Å². The molecule has 0 bridgehead atoms. The summed E-state index contributed by atoms with van der Waals surface area (Å²) >= 11 is 0. The summed E-state index contributed by atoms with van der Waals surface area (Å²) in [6, 6.07) is 10.1. The van der Waals surface area contributed by atoms with Crippen LogP contribution in [0, 0.1) is 0 Å². The fourth-order valence-corrected chi connectivity index (χ4v) is 2.02. The summed E-state index contributed by atoms with van der Waals surface area (Å²) in [7, 11) is 0. The van der Waals surface area contributed by atoms with Crippen LogP contribution in [0.15, 0.2) is 35.3 Å². The van der Waals surface area contributed by atoms with Crippen molar-refractivity contribution in [3.05, 3.63) is 30.3 Å². The maximum absolute atomic E-state index is 8.93. The van der Waals surface area contributed by atoms with Crippen LogP contribution >= 0.6 is 0 Å². The van der Waals surface area contributed by atoms with E-state index in [1.807, 2.05) is 30.3 Å². The van der Waals surface area contributed by atoms with Crippen molar-refractivity contribution < 1.29 is 14.8 Å². The van der Waals surface area contributed by atoms with Gasteiger partial charge in [-0.3, -0.25) is 15.0 Å². The lowest BCUT2D eigenvalue weighted by Gasteiger charge is -2.16. The zero-order valence-corrected chi connectivity index (χ0v) is 11.4. The Morgan fingerprint density at radius 3 is 2.55 bits per heavy atom. The average molecular weight is 277 g/mol. The van der Waals surface area contributed by atoms with E-state index < -0.39 is 0 Å². The summed E-state index contributed by atoms with van der Waals surface area (Å²) in [5, 5.41) is 19.9. The van der Waals surface area contributed by atoms with Crippen LogP contribution in [-0.2, 0) is 0 Å². The van der Waals surface area contributed by atoms with E-state index in [4.69, 9.17) is 10.2 Å². The SMILES string of the molecule is OCC[N+](=CN=C1CCN(c2ccccc2)N1)CCO. The average Bonchev–Trinajstić information content (AvgIpc) is 2.95. The highest BCUT2D eigenvalue weighted by Crippen LogP contribution is 2.14. The number of amidine groups is 1. The number of benzene rings is 1. The topological polar surface area (TPSA) is 71.1 Å². The van der Waals surface area contributed by atoms with Gasteiger partial charge in [-0.1, -0.05) is 18.2 Å². The van der Waals surface area contributed by atoms with Crippen molar-refractivity contribution in [3.8, 4) is 0 Å². The molecule has 0 unspecified atom stereocenters. The smallest absolute Gasteiger partial charge is 0.283 e. The number of para-hydroxylation sites is 1. The van der Waals surface area contributed by atoms with Crippen LogP contribution in [0.25, 0.3) is 0 Å². The fourth-order valence-electron chi connectivity index (χ4n) is 2.02. The Labute approximate surface area is 118 Å². The molecule has 1 fully saturated rings. The van der Waals surface area contributed by atoms with E-state index in [1.165, 1.54) is 0 Å². The summed E-state index contributed by atoms with van der Waals surface area (Å²) < 4.78 is 1.79. The Bertz CT molecular complexity index is 465. The summed E-state index contributed by atoms with van der Waals surface area (Å²) in [6.45, 7) is 1.91. The molecule has 0 saturated carbocycles. The van der Waals surface area contributed by atoms with E-state index in [9.17, 15) is 0 Å². The molecule has 6 heteroatoms. The van der Waals surface area contributed by atoms with Crippen LogP contribution in [0.5, 0.6) is 0 Å². The van der Waals surface area contributed by atoms with E-state index in [1.54, 1.807) is 10.9 Å². The molecule has 1 aromatic rings. The first-order valence-electron chi connectivity index (χ1n) is 6.78. The highest BCUT2D eigenvalue weighted by atomic mass is 16.3. The molecular formula is C14H21N4O2+. The van der Waals surface area contributed by atoms with E-state index in [0.717, 1.165) is 24.5 Å². The first-order valence-corrected chi connectivity index (χ1v) is 6.78. The summed E-state index contributed by atoms with van der Waals surface area (Å²) in [6.07, 6.45) is 2.51. The Morgan fingerprint density at radius 1 is 1.20 bits per heavy atom. The zero-order chi connectivity index (χ0) is 14.2. The van der Waals surface area contributed by atoms with Gasteiger partial charge in [0.1, 0.15) is 13.1 Å². The van der Waals surface area contributed by atoms with Gasteiger partial charge in [0, 0.05) is 6.54 Å². The molecule has 1 aliphatic heterocycles. The maximum atomic E-state index is 8.93. The Balaban J connectivity index is 1.97. The molecule has 2 rings (SSSR count). The van der Waals surface area contributed by atoms with Crippen molar-refractivity contribution in [3.63, 3.8) is 0 Å². The quantitative estimate of drug-likeness (QED) is 0.383. The standard InChI is InChI=1S/C14H20N4O2/c19-10-8-17(9-11-20)12-15-14-6-7-18(16-14)13-4-2-1-3-5-13/h1-5,12,19-20H,6-11H2/p+1. The van der Waals surface area contributed by atoms with E-state index in [0.29, 0.717) is 13.1 Å². The highest BCUT2D eigenvalue weighted by Gasteiger charge is 2.20. The molecule has 0 spiro atoms. The van der Waals surface area contributed by atoms with Crippen molar-refractivity contribution in [1.29, 1.82) is 0 Å². The number of aliphatic hydroxyl groups excluding tert-OH is 2. The number of aliphatic imine (C=N–C) groups is 1. The number of nitrogens with zero attached hydrogens (tertiary/aromatic N) is 3. The lowest BCUT2D eigenvalue weighted by Crippen LogP contribution is -2.33. The van der Waals surface area contributed by atoms with Gasteiger partial charge >= 0.3 is 0 Å². The first kappa shape index (κ1) is 14.5. The third-order valence-electron chi connectivity index (χ3n) is 3.06. The second-order valence-electron chi connectivity index (χ2n) is 4.52. The summed E-state index contributed by atoms with van der Waals surface area (Å²) in [5.74, 6) is 0.884. The van der Waals surface area contributed by atoms with Crippen LogP contribution in [-0.4, -0.2) is 59.8 Å². The fraction of sp³-hybridized carbons (Fsp3) is 0.429. The van der Waals surface area contributed by atoms with Gasteiger partial charge < -0.3 is 10.2 Å². The number of anilines is 1. The number of hydrogen-bond acceptors (Lipinski definition) is 3. The van der Waals surface area contributed by atoms with Crippen LogP contribution < -0.4 is 10.4 Å². The predicted molar refractivity (Wildman–Crippen MR) is 79.2 cm³/mol. The second kappa shape index (κ2) is 7.62. The minimum absolute atomic E-state index is 0.0465. The molecule has 1 saturated heterocycles. The molecule has 0 aliphatic carbocycles. The predicted octanol–water partition coefficient (Wildman–Crippen LogP) is -0.175. The van der Waals surface area contributed by atoms with Gasteiger partial charge in [-0.15, -0.1) is 0 Å². The van der Waals surface area contributed by atoms with Crippen molar-refractivity contribution in [2.75, 3.05) is 37.9 Å². The van der Waals surface area contributed by atoms with Crippen LogP contribution in [0.3, 0.4) is 0 Å². The molecule has 0 aromatic heterocycles. The molecule has 20 heavy (non-hydrogen) atoms. The minimum Gasteiger partial charge on any atom is -0.392 e. The maximum Gasteiger partial charge on any atom is 0.283 e. The van der Waals surface area contributed by atoms with Crippen LogP contribution in [0.1, 0.15) is 6.42 Å². The highest BCUT2D eigenvalue weighted by molar-refractivity contribution is 5.91. The largest absolute Gasteiger partial charge is 0.392 e. The molecule has 108 valence electrons. The van der Waals surface area contributed by atoms with Crippen LogP contribution in [0.4, 0.5) is 5.69 Å². The number of hydrazine groups is 1. The van der Waals surface area contributed by atoms with Gasteiger partial charge in [-0.2, -0.15) is 0 Å². The number of nitrogens with one attached hydrogen (secondary N) is 1. The summed E-state index contributed by atoms with van der Waals surface area (Å²) in [5.41, 5.74) is 4.36.